The first-order valence-electron chi connectivity index (χ1n) is 5.37. The molecule has 0 bridgehead atoms. The highest BCUT2D eigenvalue weighted by molar-refractivity contribution is 6.30. The largest absolute Gasteiger partial charge is 0.380 e. The number of hydrogen-bond donors (Lipinski definition) is 2. The van der Waals surface area contributed by atoms with Crippen molar-refractivity contribution in [2.75, 3.05) is 17.2 Å². The summed E-state index contributed by atoms with van der Waals surface area (Å²) in [4.78, 5) is 4.27. The Morgan fingerprint density at radius 1 is 1.47 bits per heavy atom. The summed E-state index contributed by atoms with van der Waals surface area (Å²) in [6.07, 6.45) is 5.50. The maximum Gasteiger partial charge on any atom is 0.150 e. The Balaban J connectivity index is 1.88. The molecule has 0 fully saturated rings. The van der Waals surface area contributed by atoms with E-state index in [4.69, 9.17) is 11.6 Å². The summed E-state index contributed by atoms with van der Waals surface area (Å²) in [7, 11) is 1.91. The Morgan fingerprint density at radius 2 is 2.35 bits per heavy atom. The molecule has 2 aromatic heterocycles. The standard InChI is InChI=1S/C11H12ClN5/c1-17-6-7(3-15-17)10-5-13-9-2-8(12)4-14-11(9)16-10/h2-4,6,10,13H,5H2,1H3,(H,14,16). The Hall–Kier alpha value is -1.75. The third kappa shape index (κ3) is 1.93. The number of aryl methyl sites for hydroxylation is 1. The maximum atomic E-state index is 5.89. The molecule has 6 heteroatoms. The molecular weight excluding hydrogens is 238 g/mol. The Bertz CT molecular complexity index is 551. The summed E-state index contributed by atoms with van der Waals surface area (Å²) in [6, 6.07) is 2.06. The lowest BCUT2D eigenvalue weighted by Gasteiger charge is -2.26. The van der Waals surface area contributed by atoms with Gasteiger partial charge < -0.3 is 10.6 Å². The van der Waals surface area contributed by atoms with Gasteiger partial charge in [-0.15, -0.1) is 0 Å². The van der Waals surface area contributed by atoms with Gasteiger partial charge in [-0.25, -0.2) is 4.98 Å². The quantitative estimate of drug-likeness (QED) is 0.812. The molecular formula is C11H12ClN5. The summed E-state index contributed by atoms with van der Waals surface area (Å²) in [5, 5.41) is 11.5. The van der Waals surface area contributed by atoms with E-state index in [0.29, 0.717) is 5.02 Å². The van der Waals surface area contributed by atoms with Crippen molar-refractivity contribution < 1.29 is 0 Å². The van der Waals surface area contributed by atoms with E-state index >= 15 is 0 Å². The normalized spacial score (nSPS) is 18.1. The van der Waals surface area contributed by atoms with Crippen molar-refractivity contribution in [3.8, 4) is 0 Å². The van der Waals surface area contributed by atoms with Gasteiger partial charge in [-0.3, -0.25) is 4.68 Å². The molecule has 1 aliphatic rings. The zero-order valence-electron chi connectivity index (χ0n) is 9.31. The van der Waals surface area contributed by atoms with E-state index in [9.17, 15) is 0 Å². The summed E-state index contributed by atoms with van der Waals surface area (Å²) >= 11 is 5.89. The fraction of sp³-hybridized carbons (Fsp3) is 0.273. The summed E-state index contributed by atoms with van der Waals surface area (Å²) in [6.45, 7) is 0.792. The Morgan fingerprint density at radius 3 is 3.12 bits per heavy atom. The lowest BCUT2D eigenvalue weighted by Crippen LogP contribution is -2.26. The van der Waals surface area contributed by atoms with Crippen molar-refractivity contribution in [2.24, 2.45) is 7.05 Å². The maximum absolute atomic E-state index is 5.89. The molecule has 1 unspecified atom stereocenters. The second kappa shape index (κ2) is 3.92. The fourth-order valence-electron chi connectivity index (χ4n) is 1.94. The van der Waals surface area contributed by atoms with Crippen molar-refractivity contribution in [2.45, 2.75) is 6.04 Å². The highest BCUT2D eigenvalue weighted by Crippen LogP contribution is 2.31. The van der Waals surface area contributed by atoms with E-state index in [1.807, 2.05) is 25.5 Å². The minimum Gasteiger partial charge on any atom is -0.380 e. The monoisotopic (exact) mass is 249 g/mol. The minimum atomic E-state index is 0.185. The van der Waals surface area contributed by atoms with Crippen LogP contribution in [0.2, 0.25) is 5.02 Å². The summed E-state index contributed by atoms with van der Waals surface area (Å²) < 4.78 is 1.79. The molecule has 1 atom stereocenters. The number of halogens is 1. The molecule has 1 aliphatic heterocycles. The van der Waals surface area contributed by atoms with Gasteiger partial charge >= 0.3 is 0 Å². The number of pyridine rings is 1. The van der Waals surface area contributed by atoms with Crippen LogP contribution < -0.4 is 10.6 Å². The Kier molecular flexibility index (Phi) is 2.40. The van der Waals surface area contributed by atoms with E-state index in [2.05, 4.69) is 20.7 Å². The third-order valence-electron chi connectivity index (χ3n) is 2.79. The first-order valence-corrected chi connectivity index (χ1v) is 5.74. The second-order valence-corrected chi connectivity index (χ2v) is 4.51. The predicted molar refractivity (Wildman–Crippen MR) is 67.3 cm³/mol. The van der Waals surface area contributed by atoms with Gasteiger partial charge in [0.05, 0.1) is 22.9 Å². The zero-order valence-corrected chi connectivity index (χ0v) is 10.1. The number of nitrogens with one attached hydrogen (secondary N) is 2. The van der Waals surface area contributed by atoms with E-state index in [1.54, 1.807) is 10.9 Å². The number of hydrogen-bond acceptors (Lipinski definition) is 4. The smallest absolute Gasteiger partial charge is 0.150 e. The first-order chi connectivity index (χ1) is 8.22. The predicted octanol–water partition coefficient (Wildman–Crippen LogP) is 2.05. The first kappa shape index (κ1) is 10.4. The van der Waals surface area contributed by atoms with Crippen LogP contribution in [-0.2, 0) is 7.05 Å². The van der Waals surface area contributed by atoms with Crippen LogP contribution in [0, 0.1) is 0 Å². The average molecular weight is 250 g/mol. The summed E-state index contributed by atoms with van der Waals surface area (Å²) in [5.41, 5.74) is 2.08. The molecule has 5 nitrogen and oxygen atoms in total. The Labute approximate surface area is 104 Å². The van der Waals surface area contributed by atoms with Gasteiger partial charge in [-0.05, 0) is 6.07 Å². The van der Waals surface area contributed by atoms with Crippen LogP contribution in [-0.4, -0.2) is 21.3 Å². The van der Waals surface area contributed by atoms with Crippen molar-refractivity contribution in [1.29, 1.82) is 0 Å². The van der Waals surface area contributed by atoms with Crippen LogP contribution in [0.25, 0.3) is 0 Å². The van der Waals surface area contributed by atoms with Gasteiger partial charge in [0.2, 0.25) is 0 Å². The number of anilines is 2. The van der Waals surface area contributed by atoms with E-state index in [1.165, 1.54) is 0 Å². The van der Waals surface area contributed by atoms with Crippen molar-refractivity contribution in [3.05, 3.63) is 35.2 Å². The van der Waals surface area contributed by atoms with Gasteiger partial charge in [0, 0.05) is 31.5 Å². The minimum absolute atomic E-state index is 0.185. The average Bonchev–Trinajstić information content (AvgIpc) is 2.75. The highest BCUT2D eigenvalue weighted by atomic mass is 35.5. The van der Waals surface area contributed by atoms with Gasteiger partial charge in [0.15, 0.2) is 0 Å². The molecule has 88 valence electrons. The van der Waals surface area contributed by atoms with Gasteiger partial charge in [-0.1, -0.05) is 11.6 Å². The van der Waals surface area contributed by atoms with Crippen LogP contribution in [0.5, 0.6) is 0 Å². The van der Waals surface area contributed by atoms with Crippen LogP contribution in [0.15, 0.2) is 24.7 Å². The van der Waals surface area contributed by atoms with Crippen LogP contribution >= 0.6 is 11.6 Å². The molecule has 0 aromatic carbocycles. The fourth-order valence-corrected chi connectivity index (χ4v) is 2.10. The van der Waals surface area contributed by atoms with Crippen LogP contribution in [0.3, 0.4) is 0 Å². The number of fused-ring (bicyclic) bond motifs is 1. The van der Waals surface area contributed by atoms with Gasteiger partial charge in [0.25, 0.3) is 0 Å². The number of aromatic nitrogens is 3. The van der Waals surface area contributed by atoms with E-state index in [-0.39, 0.29) is 6.04 Å². The molecule has 17 heavy (non-hydrogen) atoms. The second-order valence-electron chi connectivity index (χ2n) is 4.07. The lowest BCUT2D eigenvalue weighted by atomic mass is 10.1. The van der Waals surface area contributed by atoms with Crippen LogP contribution in [0.1, 0.15) is 11.6 Å². The third-order valence-corrected chi connectivity index (χ3v) is 3.00. The molecule has 0 aliphatic carbocycles. The highest BCUT2D eigenvalue weighted by Gasteiger charge is 2.20. The molecule has 0 radical (unpaired) electrons. The molecule has 3 heterocycles. The topological polar surface area (TPSA) is 54.8 Å². The number of nitrogens with zero attached hydrogens (tertiary/aromatic N) is 3. The molecule has 0 saturated carbocycles. The van der Waals surface area contributed by atoms with Crippen LogP contribution in [0.4, 0.5) is 11.5 Å². The van der Waals surface area contributed by atoms with Gasteiger partial charge in [0.1, 0.15) is 5.82 Å². The molecule has 3 rings (SSSR count). The van der Waals surface area contributed by atoms with Gasteiger partial charge in [-0.2, -0.15) is 5.10 Å². The number of rotatable bonds is 1. The molecule has 2 N–H and O–H groups in total. The summed E-state index contributed by atoms with van der Waals surface area (Å²) in [5.74, 6) is 0.828. The van der Waals surface area contributed by atoms with E-state index in [0.717, 1.165) is 23.6 Å². The van der Waals surface area contributed by atoms with Crippen molar-refractivity contribution in [1.82, 2.24) is 14.8 Å². The lowest BCUT2D eigenvalue weighted by molar-refractivity contribution is 0.760. The van der Waals surface area contributed by atoms with E-state index < -0.39 is 0 Å². The molecule has 0 spiro atoms. The molecule has 2 aromatic rings. The SMILES string of the molecule is Cn1cc(C2CNc3cc(Cl)cnc3N2)cn1. The molecule has 0 saturated heterocycles. The molecule has 0 amide bonds. The zero-order chi connectivity index (χ0) is 11.8. The van der Waals surface area contributed by atoms with Crippen molar-refractivity contribution in [3.63, 3.8) is 0 Å². The van der Waals surface area contributed by atoms with Crippen molar-refractivity contribution >= 4 is 23.1 Å².